The van der Waals surface area contributed by atoms with Crippen LogP contribution in [0.3, 0.4) is 0 Å². The van der Waals surface area contributed by atoms with Gasteiger partial charge in [-0.15, -0.1) is 11.3 Å². The molecular formula is C15H20ClN3OS. The number of aliphatic hydroxyl groups is 1. The minimum atomic E-state index is -0.0949. The molecule has 0 aliphatic heterocycles. The van der Waals surface area contributed by atoms with Crippen LogP contribution >= 0.6 is 22.9 Å². The smallest absolute Gasteiger partial charge is 0.145 e. The van der Waals surface area contributed by atoms with Gasteiger partial charge in [0.15, 0.2) is 0 Å². The molecule has 3 rings (SSSR count). The zero-order valence-corrected chi connectivity index (χ0v) is 14.1. The quantitative estimate of drug-likeness (QED) is 0.877. The van der Waals surface area contributed by atoms with Crippen molar-refractivity contribution in [3.05, 3.63) is 21.4 Å². The van der Waals surface area contributed by atoms with Crippen molar-refractivity contribution in [2.24, 2.45) is 5.92 Å². The van der Waals surface area contributed by atoms with E-state index in [0.29, 0.717) is 17.6 Å². The predicted molar refractivity (Wildman–Crippen MR) is 87.0 cm³/mol. The number of aliphatic hydroxyl groups excluding tert-OH is 1. The molecule has 1 N–H and O–H groups in total. The molecule has 21 heavy (non-hydrogen) atoms. The fourth-order valence-corrected chi connectivity index (χ4v) is 4.34. The van der Waals surface area contributed by atoms with E-state index in [2.05, 4.69) is 35.8 Å². The third kappa shape index (κ3) is 3.06. The van der Waals surface area contributed by atoms with E-state index in [9.17, 15) is 5.11 Å². The van der Waals surface area contributed by atoms with Crippen molar-refractivity contribution >= 4 is 33.2 Å². The molecule has 4 nitrogen and oxygen atoms in total. The summed E-state index contributed by atoms with van der Waals surface area (Å²) in [7, 11) is 2.07. The highest BCUT2D eigenvalue weighted by atomic mass is 35.5. The Morgan fingerprint density at radius 1 is 1.33 bits per heavy atom. The molecule has 0 unspecified atom stereocenters. The summed E-state index contributed by atoms with van der Waals surface area (Å²) in [5.41, 5.74) is 1.18. The van der Waals surface area contributed by atoms with Gasteiger partial charge in [0, 0.05) is 11.4 Å². The second-order valence-corrected chi connectivity index (χ2v) is 7.64. The van der Waals surface area contributed by atoms with Crippen LogP contribution in [0.4, 0.5) is 0 Å². The average Bonchev–Trinajstić information content (AvgIpc) is 2.63. The first-order valence-electron chi connectivity index (χ1n) is 7.22. The number of fused-ring (bicyclic) bond motifs is 1. The summed E-state index contributed by atoms with van der Waals surface area (Å²) in [5, 5.41) is 10.9. The molecule has 1 fully saturated rings. The van der Waals surface area contributed by atoms with Gasteiger partial charge in [-0.25, -0.2) is 9.97 Å². The fourth-order valence-electron chi connectivity index (χ4n) is 2.91. The molecule has 0 bridgehead atoms. The van der Waals surface area contributed by atoms with Gasteiger partial charge in [-0.3, -0.25) is 4.90 Å². The lowest BCUT2D eigenvalue weighted by atomic mass is 9.82. The van der Waals surface area contributed by atoms with Gasteiger partial charge in [0.05, 0.1) is 18.0 Å². The molecule has 2 aromatic heterocycles. The zero-order chi connectivity index (χ0) is 15.1. The van der Waals surface area contributed by atoms with Gasteiger partial charge < -0.3 is 5.11 Å². The third-order valence-corrected chi connectivity index (χ3v) is 5.60. The molecule has 1 aliphatic rings. The van der Waals surface area contributed by atoms with Crippen molar-refractivity contribution in [1.82, 2.24) is 14.9 Å². The van der Waals surface area contributed by atoms with Gasteiger partial charge in [0.1, 0.15) is 15.8 Å². The van der Waals surface area contributed by atoms with Gasteiger partial charge in [-0.1, -0.05) is 11.6 Å². The molecule has 0 saturated heterocycles. The van der Waals surface area contributed by atoms with Crippen LogP contribution in [0.5, 0.6) is 0 Å². The summed E-state index contributed by atoms with van der Waals surface area (Å²) >= 11 is 8.01. The number of thiophene rings is 1. The van der Waals surface area contributed by atoms with E-state index in [1.807, 2.05) is 0 Å². The van der Waals surface area contributed by atoms with E-state index in [1.54, 1.807) is 11.3 Å². The Hall–Kier alpha value is -0.750. The van der Waals surface area contributed by atoms with E-state index in [-0.39, 0.29) is 6.10 Å². The van der Waals surface area contributed by atoms with Crippen LogP contribution in [0, 0.1) is 19.8 Å². The van der Waals surface area contributed by atoms with Gasteiger partial charge >= 0.3 is 0 Å². The summed E-state index contributed by atoms with van der Waals surface area (Å²) in [6.45, 7) is 5.82. The first-order chi connectivity index (χ1) is 9.94. The van der Waals surface area contributed by atoms with Crippen molar-refractivity contribution in [2.45, 2.75) is 39.3 Å². The largest absolute Gasteiger partial charge is 0.393 e. The van der Waals surface area contributed by atoms with Crippen LogP contribution < -0.4 is 0 Å². The van der Waals surface area contributed by atoms with Crippen molar-refractivity contribution in [2.75, 3.05) is 13.6 Å². The molecule has 0 amide bonds. The Morgan fingerprint density at radius 2 is 2.05 bits per heavy atom. The molecule has 0 aromatic carbocycles. The van der Waals surface area contributed by atoms with Crippen molar-refractivity contribution in [3.8, 4) is 0 Å². The number of aryl methyl sites for hydroxylation is 2. The minimum absolute atomic E-state index is 0.0949. The van der Waals surface area contributed by atoms with Crippen molar-refractivity contribution < 1.29 is 5.11 Å². The van der Waals surface area contributed by atoms with Crippen LogP contribution in [-0.4, -0.2) is 39.7 Å². The average molecular weight is 326 g/mol. The first-order valence-corrected chi connectivity index (χ1v) is 8.42. The molecule has 1 aliphatic carbocycles. The molecule has 1 saturated carbocycles. The molecular weight excluding hydrogens is 306 g/mol. The highest BCUT2D eigenvalue weighted by Gasteiger charge is 2.28. The maximum atomic E-state index is 9.34. The standard InChI is InChI=1S/C15H20ClN3OS/c1-8-9(2)21-15-13(8)14(16)17-12(18-15)7-19(3)6-10-4-11(20)5-10/h10-11,20H,4-7H2,1-3H3. The van der Waals surface area contributed by atoms with Crippen LogP contribution in [0.25, 0.3) is 10.2 Å². The summed E-state index contributed by atoms with van der Waals surface area (Å²) < 4.78 is 0. The topological polar surface area (TPSA) is 49.2 Å². The van der Waals surface area contributed by atoms with Gasteiger partial charge in [-0.2, -0.15) is 0 Å². The Morgan fingerprint density at radius 3 is 2.71 bits per heavy atom. The monoisotopic (exact) mass is 325 g/mol. The summed E-state index contributed by atoms with van der Waals surface area (Å²) in [5.74, 6) is 1.37. The summed E-state index contributed by atoms with van der Waals surface area (Å²) in [4.78, 5) is 13.5. The summed E-state index contributed by atoms with van der Waals surface area (Å²) in [6.07, 6.45) is 1.73. The molecule has 6 heteroatoms. The number of rotatable bonds is 4. The first kappa shape index (κ1) is 15.2. The molecule has 0 radical (unpaired) electrons. The SMILES string of the molecule is Cc1sc2nc(CN(C)CC3CC(O)C3)nc(Cl)c2c1C. The highest BCUT2D eigenvalue weighted by Crippen LogP contribution is 2.33. The van der Waals surface area contributed by atoms with Crippen molar-refractivity contribution in [1.29, 1.82) is 0 Å². The normalized spacial score (nSPS) is 22.0. The molecule has 0 spiro atoms. The lowest BCUT2D eigenvalue weighted by Gasteiger charge is -2.34. The van der Waals surface area contributed by atoms with E-state index in [4.69, 9.17) is 11.6 Å². The lowest BCUT2D eigenvalue weighted by Crippen LogP contribution is -2.37. The summed E-state index contributed by atoms with van der Waals surface area (Å²) in [6, 6.07) is 0. The van der Waals surface area contributed by atoms with Crippen LogP contribution in [0.2, 0.25) is 5.15 Å². The molecule has 2 aromatic rings. The second kappa shape index (κ2) is 5.80. The van der Waals surface area contributed by atoms with Crippen LogP contribution in [0.15, 0.2) is 0 Å². The minimum Gasteiger partial charge on any atom is -0.393 e. The van der Waals surface area contributed by atoms with E-state index in [0.717, 1.165) is 35.4 Å². The number of aromatic nitrogens is 2. The van der Waals surface area contributed by atoms with Crippen LogP contribution in [0.1, 0.15) is 29.1 Å². The molecule has 0 atom stereocenters. The maximum Gasteiger partial charge on any atom is 0.145 e. The van der Waals surface area contributed by atoms with E-state index in [1.165, 1.54) is 10.4 Å². The number of nitrogens with zero attached hydrogens (tertiary/aromatic N) is 3. The van der Waals surface area contributed by atoms with Gasteiger partial charge in [0.25, 0.3) is 0 Å². The Bertz CT molecular complexity index is 666. The fraction of sp³-hybridized carbons (Fsp3) is 0.600. The number of hydrogen-bond acceptors (Lipinski definition) is 5. The molecule has 2 heterocycles. The van der Waals surface area contributed by atoms with Gasteiger partial charge in [0.2, 0.25) is 0 Å². The van der Waals surface area contributed by atoms with Gasteiger partial charge in [-0.05, 0) is 45.2 Å². The van der Waals surface area contributed by atoms with Crippen molar-refractivity contribution in [3.63, 3.8) is 0 Å². The molecule has 114 valence electrons. The highest BCUT2D eigenvalue weighted by molar-refractivity contribution is 7.18. The number of hydrogen-bond donors (Lipinski definition) is 1. The Kier molecular flexibility index (Phi) is 4.19. The Balaban J connectivity index is 1.75. The van der Waals surface area contributed by atoms with Crippen LogP contribution in [-0.2, 0) is 6.54 Å². The van der Waals surface area contributed by atoms with E-state index >= 15 is 0 Å². The predicted octanol–water partition coefficient (Wildman–Crippen LogP) is 3.16. The third-order valence-electron chi connectivity index (χ3n) is 4.22. The number of halogens is 1. The van der Waals surface area contributed by atoms with E-state index < -0.39 is 0 Å². The zero-order valence-electron chi connectivity index (χ0n) is 12.6. The maximum absolute atomic E-state index is 9.34. The second-order valence-electron chi connectivity index (χ2n) is 6.08. The Labute approximate surface area is 133 Å². The lowest BCUT2D eigenvalue weighted by molar-refractivity contribution is 0.0271.